The van der Waals surface area contributed by atoms with Crippen LogP contribution < -0.4 is 5.73 Å². The van der Waals surface area contributed by atoms with Crippen molar-refractivity contribution >= 4 is 15.9 Å². The van der Waals surface area contributed by atoms with E-state index < -0.39 is 0 Å². The molecule has 2 N–H and O–H groups in total. The Kier molecular flexibility index (Phi) is 5.39. The van der Waals surface area contributed by atoms with E-state index in [0.29, 0.717) is 6.04 Å². The lowest BCUT2D eigenvalue weighted by Gasteiger charge is -2.42. The summed E-state index contributed by atoms with van der Waals surface area (Å²) >= 11 is 3.49. The first kappa shape index (κ1) is 15.0. The minimum absolute atomic E-state index is 0.154. The van der Waals surface area contributed by atoms with Crippen LogP contribution in [-0.2, 0) is 4.74 Å². The van der Waals surface area contributed by atoms with Crippen molar-refractivity contribution < 1.29 is 4.74 Å². The molecule has 0 aromatic heterocycles. The van der Waals surface area contributed by atoms with E-state index >= 15 is 0 Å². The smallest absolute Gasteiger partial charge is 0.0620 e. The van der Waals surface area contributed by atoms with Gasteiger partial charge in [0.25, 0.3) is 0 Å². The average Bonchev–Trinajstić information content (AvgIpc) is 2.43. The first-order valence-corrected chi connectivity index (χ1v) is 7.77. The van der Waals surface area contributed by atoms with E-state index in [4.69, 9.17) is 10.5 Å². The van der Waals surface area contributed by atoms with Crippen molar-refractivity contribution in [2.45, 2.75) is 38.4 Å². The number of halogens is 1. The van der Waals surface area contributed by atoms with Gasteiger partial charge in [0.2, 0.25) is 0 Å². The molecule has 106 valence electrons. The van der Waals surface area contributed by atoms with E-state index in [1.807, 2.05) is 0 Å². The van der Waals surface area contributed by atoms with Gasteiger partial charge in [-0.3, -0.25) is 4.90 Å². The molecule has 1 aliphatic rings. The zero-order valence-corrected chi connectivity index (χ0v) is 13.3. The standard InChI is InChI=1S/C15H23BrN2O/c1-3-14(17)15(12-4-6-13(16)7-5-12)18-8-9-19-10-11(18)2/h4-7,11,14-15H,3,8-10,17H2,1-2H3. The van der Waals surface area contributed by atoms with Crippen molar-refractivity contribution in [3.63, 3.8) is 0 Å². The van der Waals surface area contributed by atoms with E-state index in [1.165, 1.54) is 5.56 Å². The lowest BCUT2D eigenvalue weighted by Crippen LogP contribution is -2.50. The third-order valence-corrected chi connectivity index (χ3v) is 4.39. The highest BCUT2D eigenvalue weighted by molar-refractivity contribution is 9.10. The van der Waals surface area contributed by atoms with Crippen molar-refractivity contribution in [1.29, 1.82) is 0 Å². The summed E-state index contributed by atoms with van der Waals surface area (Å²) in [7, 11) is 0. The number of benzene rings is 1. The van der Waals surface area contributed by atoms with Crippen LogP contribution in [-0.4, -0.2) is 36.7 Å². The summed E-state index contributed by atoms with van der Waals surface area (Å²) in [5.41, 5.74) is 7.68. The van der Waals surface area contributed by atoms with Crippen LogP contribution in [0.1, 0.15) is 31.9 Å². The third kappa shape index (κ3) is 3.57. The predicted molar refractivity (Wildman–Crippen MR) is 82.1 cm³/mol. The van der Waals surface area contributed by atoms with Crippen LogP contribution in [0, 0.1) is 0 Å². The van der Waals surface area contributed by atoms with Crippen LogP contribution in [0.15, 0.2) is 28.7 Å². The van der Waals surface area contributed by atoms with Crippen molar-refractivity contribution in [3.05, 3.63) is 34.3 Å². The number of rotatable bonds is 4. The molecule has 19 heavy (non-hydrogen) atoms. The quantitative estimate of drug-likeness (QED) is 0.924. The molecule has 4 heteroatoms. The molecule has 2 rings (SSSR count). The van der Waals surface area contributed by atoms with Gasteiger partial charge in [-0.1, -0.05) is 35.0 Å². The van der Waals surface area contributed by atoms with Crippen LogP contribution in [0.25, 0.3) is 0 Å². The predicted octanol–water partition coefficient (Wildman–Crippen LogP) is 2.95. The first-order chi connectivity index (χ1) is 9.13. The largest absolute Gasteiger partial charge is 0.379 e. The Labute approximate surface area is 124 Å². The minimum atomic E-state index is 0.154. The number of ether oxygens (including phenoxy) is 1. The van der Waals surface area contributed by atoms with Crippen LogP contribution in [0.3, 0.4) is 0 Å². The Hall–Kier alpha value is -0.420. The lowest BCUT2D eigenvalue weighted by molar-refractivity contribution is -0.0282. The average molecular weight is 327 g/mol. The molecule has 0 aliphatic carbocycles. The molecule has 1 aromatic rings. The van der Waals surface area contributed by atoms with Gasteiger partial charge in [0, 0.05) is 23.1 Å². The van der Waals surface area contributed by atoms with Gasteiger partial charge in [-0.2, -0.15) is 0 Å². The Morgan fingerprint density at radius 1 is 1.42 bits per heavy atom. The molecule has 3 atom stereocenters. The van der Waals surface area contributed by atoms with Gasteiger partial charge >= 0.3 is 0 Å². The second-order valence-electron chi connectivity index (χ2n) is 5.23. The molecule has 0 spiro atoms. The summed E-state index contributed by atoms with van der Waals surface area (Å²) in [4.78, 5) is 2.49. The molecule has 0 saturated carbocycles. The SMILES string of the molecule is CCC(N)C(c1ccc(Br)cc1)N1CCOCC1C. The number of nitrogens with two attached hydrogens (primary N) is 1. The van der Waals surface area contributed by atoms with Crippen molar-refractivity contribution in [3.8, 4) is 0 Å². The van der Waals surface area contributed by atoms with E-state index in [-0.39, 0.29) is 12.1 Å². The topological polar surface area (TPSA) is 38.5 Å². The fraction of sp³-hybridized carbons (Fsp3) is 0.600. The summed E-state index contributed by atoms with van der Waals surface area (Å²) in [5.74, 6) is 0. The van der Waals surface area contributed by atoms with E-state index in [9.17, 15) is 0 Å². The van der Waals surface area contributed by atoms with Gasteiger partial charge in [0.05, 0.1) is 19.3 Å². The maximum atomic E-state index is 6.39. The van der Waals surface area contributed by atoms with Gasteiger partial charge < -0.3 is 10.5 Å². The summed E-state index contributed by atoms with van der Waals surface area (Å²) in [6.07, 6.45) is 0.977. The second-order valence-corrected chi connectivity index (χ2v) is 6.15. The summed E-state index contributed by atoms with van der Waals surface area (Å²) in [6.45, 7) is 6.92. The molecule has 3 nitrogen and oxygen atoms in total. The molecule has 0 radical (unpaired) electrons. The Bertz CT molecular complexity index is 396. The molecule has 1 aliphatic heterocycles. The van der Waals surface area contributed by atoms with Crippen molar-refractivity contribution in [2.75, 3.05) is 19.8 Å². The third-order valence-electron chi connectivity index (χ3n) is 3.86. The van der Waals surface area contributed by atoms with E-state index in [2.05, 4.69) is 58.9 Å². The Morgan fingerprint density at radius 2 is 2.11 bits per heavy atom. The molecule has 1 heterocycles. The minimum Gasteiger partial charge on any atom is -0.379 e. The molecular formula is C15H23BrN2O. The van der Waals surface area contributed by atoms with Crippen molar-refractivity contribution in [2.24, 2.45) is 5.73 Å². The van der Waals surface area contributed by atoms with Crippen LogP contribution in [0.5, 0.6) is 0 Å². The van der Waals surface area contributed by atoms with Gasteiger partial charge in [-0.05, 0) is 31.0 Å². The number of morpholine rings is 1. The van der Waals surface area contributed by atoms with Gasteiger partial charge in [0.1, 0.15) is 0 Å². The van der Waals surface area contributed by atoms with Crippen LogP contribution in [0.4, 0.5) is 0 Å². The Balaban J connectivity index is 2.27. The van der Waals surface area contributed by atoms with Crippen LogP contribution in [0.2, 0.25) is 0 Å². The molecule has 0 bridgehead atoms. The molecule has 0 amide bonds. The summed E-state index contributed by atoms with van der Waals surface area (Å²) in [5, 5.41) is 0. The van der Waals surface area contributed by atoms with E-state index in [1.54, 1.807) is 0 Å². The van der Waals surface area contributed by atoms with Gasteiger partial charge in [-0.15, -0.1) is 0 Å². The molecule has 1 aromatic carbocycles. The fourth-order valence-corrected chi connectivity index (χ4v) is 2.99. The lowest BCUT2D eigenvalue weighted by atomic mass is 9.94. The number of nitrogens with zero attached hydrogens (tertiary/aromatic N) is 1. The molecular weight excluding hydrogens is 304 g/mol. The summed E-state index contributed by atoms with van der Waals surface area (Å²) in [6, 6.07) is 9.38. The molecule has 1 fully saturated rings. The normalized spacial score (nSPS) is 24.1. The van der Waals surface area contributed by atoms with Crippen molar-refractivity contribution in [1.82, 2.24) is 4.90 Å². The number of hydrogen-bond donors (Lipinski definition) is 1. The Morgan fingerprint density at radius 3 is 2.68 bits per heavy atom. The van der Waals surface area contributed by atoms with Gasteiger partial charge in [-0.25, -0.2) is 0 Å². The second kappa shape index (κ2) is 6.84. The highest BCUT2D eigenvalue weighted by Gasteiger charge is 2.31. The van der Waals surface area contributed by atoms with Gasteiger partial charge in [0.15, 0.2) is 0 Å². The first-order valence-electron chi connectivity index (χ1n) is 6.98. The highest BCUT2D eigenvalue weighted by Crippen LogP contribution is 2.29. The van der Waals surface area contributed by atoms with Crippen LogP contribution >= 0.6 is 15.9 Å². The molecule has 3 unspecified atom stereocenters. The maximum absolute atomic E-state index is 6.39. The highest BCUT2D eigenvalue weighted by atomic mass is 79.9. The fourth-order valence-electron chi connectivity index (χ4n) is 2.72. The maximum Gasteiger partial charge on any atom is 0.0620 e. The number of hydrogen-bond acceptors (Lipinski definition) is 3. The monoisotopic (exact) mass is 326 g/mol. The molecule has 1 saturated heterocycles. The zero-order valence-electron chi connectivity index (χ0n) is 11.7. The van der Waals surface area contributed by atoms with E-state index in [0.717, 1.165) is 30.7 Å². The summed E-state index contributed by atoms with van der Waals surface area (Å²) < 4.78 is 6.65. The zero-order chi connectivity index (χ0) is 13.8.